The van der Waals surface area contributed by atoms with Gasteiger partial charge in [-0.25, -0.2) is 4.98 Å². The molecule has 5 nitrogen and oxygen atoms in total. The second-order valence-corrected chi connectivity index (χ2v) is 6.71. The molecule has 0 saturated carbocycles. The Bertz CT molecular complexity index is 836. The molecule has 0 radical (unpaired) electrons. The number of hydrogen-bond donors (Lipinski definition) is 3. The molecule has 144 valence electrons. The number of anilines is 1. The van der Waals surface area contributed by atoms with Gasteiger partial charge in [0.05, 0.1) is 11.3 Å². The van der Waals surface area contributed by atoms with Gasteiger partial charge in [-0.3, -0.25) is 4.99 Å². The number of nitrogens with two attached hydrogens (primary N) is 1. The van der Waals surface area contributed by atoms with E-state index in [1.165, 1.54) is 6.92 Å². The Balaban J connectivity index is 1.84. The van der Waals surface area contributed by atoms with Crippen molar-refractivity contribution in [2.45, 2.75) is 19.5 Å². The highest BCUT2D eigenvalue weighted by atomic mass is 19.4. The molecule has 27 heavy (non-hydrogen) atoms. The Hall–Kier alpha value is -2.61. The summed E-state index contributed by atoms with van der Waals surface area (Å²) in [4.78, 5) is 8.64. The molecule has 0 amide bonds. The van der Waals surface area contributed by atoms with Gasteiger partial charge in [-0.15, -0.1) is 0 Å². The molecule has 8 heteroatoms. The Morgan fingerprint density at radius 1 is 1.37 bits per heavy atom. The number of halogens is 3. The third kappa shape index (κ3) is 4.39. The number of aliphatic imine (C=N–C) groups is 1. The highest BCUT2D eigenvalue weighted by Crippen LogP contribution is 2.38. The lowest BCUT2D eigenvalue weighted by Crippen LogP contribution is -2.11. The monoisotopic (exact) mass is 378 g/mol. The van der Waals surface area contributed by atoms with Crippen molar-refractivity contribution >= 4 is 12.0 Å². The number of aromatic hydroxyl groups is 1. The van der Waals surface area contributed by atoms with E-state index in [1.807, 2.05) is 0 Å². The number of nitrogens with zero attached hydrogens (tertiary/aromatic N) is 2. The molecule has 1 aromatic heterocycles. The van der Waals surface area contributed by atoms with Crippen molar-refractivity contribution in [1.82, 2.24) is 10.3 Å². The van der Waals surface area contributed by atoms with Gasteiger partial charge in [0.2, 0.25) is 0 Å². The zero-order valence-corrected chi connectivity index (χ0v) is 14.8. The average molecular weight is 378 g/mol. The van der Waals surface area contributed by atoms with Crippen LogP contribution in [0.1, 0.15) is 23.1 Å². The lowest BCUT2D eigenvalue weighted by molar-refractivity contribution is -0.137. The lowest BCUT2D eigenvalue weighted by atomic mass is 10.00. The standard InChI is InChI=1S/C19H21F3N4O/c1-11-6-14(19(20,21)22)7-16(27)17(11)15-3-2-13(18(23)26-15)10-25-9-12-4-5-24-8-12/h2-3,6-7,10,12,24,27H,4-5,8-9H2,1H3,(H2,23,26)/t12-/m0/s1. The van der Waals surface area contributed by atoms with E-state index in [4.69, 9.17) is 5.73 Å². The van der Waals surface area contributed by atoms with E-state index in [1.54, 1.807) is 18.3 Å². The van der Waals surface area contributed by atoms with Gasteiger partial charge >= 0.3 is 6.18 Å². The van der Waals surface area contributed by atoms with Gasteiger partial charge in [-0.1, -0.05) is 0 Å². The fraction of sp³-hybridized carbons (Fsp3) is 0.368. The minimum Gasteiger partial charge on any atom is -0.507 e. The van der Waals surface area contributed by atoms with Gasteiger partial charge in [0.15, 0.2) is 0 Å². The van der Waals surface area contributed by atoms with E-state index >= 15 is 0 Å². The molecule has 4 N–H and O–H groups in total. The van der Waals surface area contributed by atoms with Crippen LogP contribution in [-0.2, 0) is 6.18 Å². The van der Waals surface area contributed by atoms with Crippen molar-refractivity contribution in [2.24, 2.45) is 10.9 Å². The number of nitrogen functional groups attached to an aromatic ring is 1. The van der Waals surface area contributed by atoms with Gasteiger partial charge < -0.3 is 16.2 Å². The topological polar surface area (TPSA) is 83.5 Å². The van der Waals surface area contributed by atoms with Crippen LogP contribution in [0.25, 0.3) is 11.3 Å². The smallest absolute Gasteiger partial charge is 0.416 e. The summed E-state index contributed by atoms with van der Waals surface area (Å²) < 4.78 is 38.6. The number of phenols is 1. The molecule has 2 aromatic rings. The molecule has 1 aromatic carbocycles. The van der Waals surface area contributed by atoms with E-state index in [0.29, 0.717) is 29.8 Å². The molecule has 2 heterocycles. The summed E-state index contributed by atoms with van der Waals surface area (Å²) in [6, 6.07) is 5.00. The molecule has 0 bridgehead atoms. The number of benzene rings is 1. The number of alkyl halides is 3. The zero-order chi connectivity index (χ0) is 19.6. The first-order valence-electron chi connectivity index (χ1n) is 8.64. The van der Waals surface area contributed by atoms with Crippen molar-refractivity contribution in [3.8, 4) is 17.0 Å². The fourth-order valence-corrected chi connectivity index (χ4v) is 3.17. The summed E-state index contributed by atoms with van der Waals surface area (Å²) in [6.07, 6.45) is -1.78. The molecule has 0 unspecified atom stereocenters. The third-order valence-corrected chi connectivity index (χ3v) is 4.61. The van der Waals surface area contributed by atoms with Crippen molar-refractivity contribution in [3.63, 3.8) is 0 Å². The predicted octanol–water partition coefficient (Wildman–Crippen LogP) is 3.39. The molecular weight excluding hydrogens is 357 g/mol. The second-order valence-electron chi connectivity index (χ2n) is 6.71. The third-order valence-electron chi connectivity index (χ3n) is 4.61. The number of hydrogen-bond acceptors (Lipinski definition) is 5. The first-order chi connectivity index (χ1) is 12.8. The van der Waals surface area contributed by atoms with E-state index in [9.17, 15) is 18.3 Å². The normalized spacial score (nSPS) is 17.7. The Kier molecular flexibility index (Phi) is 5.36. The molecule has 0 spiro atoms. The molecule has 1 atom stereocenters. The summed E-state index contributed by atoms with van der Waals surface area (Å²) in [7, 11) is 0. The highest BCUT2D eigenvalue weighted by molar-refractivity contribution is 5.87. The maximum absolute atomic E-state index is 12.9. The average Bonchev–Trinajstić information content (AvgIpc) is 3.08. The predicted molar refractivity (Wildman–Crippen MR) is 98.9 cm³/mol. The number of phenolic OH excluding ortho intramolecular Hbond substituents is 1. The summed E-state index contributed by atoms with van der Waals surface area (Å²) in [6.45, 7) is 4.16. The van der Waals surface area contributed by atoms with Gasteiger partial charge in [0.25, 0.3) is 0 Å². The van der Waals surface area contributed by atoms with Crippen LogP contribution in [0.4, 0.5) is 19.0 Å². The lowest BCUT2D eigenvalue weighted by Gasteiger charge is -2.13. The van der Waals surface area contributed by atoms with Crippen LogP contribution in [0.2, 0.25) is 0 Å². The Morgan fingerprint density at radius 2 is 2.15 bits per heavy atom. The van der Waals surface area contributed by atoms with Crippen LogP contribution in [-0.4, -0.2) is 35.9 Å². The number of aryl methyl sites for hydroxylation is 1. The van der Waals surface area contributed by atoms with Crippen molar-refractivity contribution in [3.05, 3.63) is 41.0 Å². The van der Waals surface area contributed by atoms with Crippen molar-refractivity contribution < 1.29 is 18.3 Å². The maximum atomic E-state index is 12.9. The first kappa shape index (κ1) is 19.2. The molecule has 3 rings (SSSR count). The first-order valence-corrected chi connectivity index (χ1v) is 8.64. The maximum Gasteiger partial charge on any atom is 0.416 e. The quantitative estimate of drug-likeness (QED) is 0.712. The molecular formula is C19H21F3N4O. The Morgan fingerprint density at radius 3 is 2.74 bits per heavy atom. The van der Waals surface area contributed by atoms with Gasteiger partial charge in [-0.05, 0) is 62.2 Å². The van der Waals surface area contributed by atoms with Crippen LogP contribution in [0.15, 0.2) is 29.3 Å². The second kappa shape index (κ2) is 7.56. The summed E-state index contributed by atoms with van der Waals surface area (Å²) in [5.41, 5.74) is 6.52. The molecule has 1 aliphatic heterocycles. The van der Waals surface area contributed by atoms with E-state index in [-0.39, 0.29) is 16.9 Å². The van der Waals surface area contributed by atoms with Crippen LogP contribution in [0, 0.1) is 12.8 Å². The largest absolute Gasteiger partial charge is 0.507 e. The van der Waals surface area contributed by atoms with E-state index in [2.05, 4.69) is 15.3 Å². The fourth-order valence-electron chi connectivity index (χ4n) is 3.17. The minimum absolute atomic E-state index is 0.208. The summed E-state index contributed by atoms with van der Waals surface area (Å²) in [5, 5.41) is 13.4. The van der Waals surface area contributed by atoms with Crippen LogP contribution < -0.4 is 11.1 Å². The molecule has 1 saturated heterocycles. The number of pyridine rings is 1. The van der Waals surface area contributed by atoms with Crippen molar-refractivity contribution in [2.75, 3.05) is 25.4 Å². The molecule has 0 aliphatic carbocycles. The number of nitrogens with one attached hydrogen (secondary N) is 1. The molecule has 1 fully saturated rings. The summed E-state index contributed by atoms with van der Waals surface area (Å²) >= 11 is 0. The van der Waals surface area contributed by atoms with Gasteiger partial charge in [-0.2, -0.15) is 13.2 Å². The minimum atomic E-state index is -4.53. The Labute approximate surface area is 155 Å². The molecule has 1 aliphatic rings. The number of rotatable bonds is 4. The van der Waals surface area contributed by atoms with Gasteiger partial charge in [0, 0.05) is 23.9 Å². The van der Waals surface area contributed by atoms with Crippen LogP contribution in [0.5, 0.6) is 5.75 Å². The van der Waals surface area contributed by atoms with Crippen molar-refractivity contribution in [1.29, 1.82) is 0 Å². The number of aromatic nitrogens is 1. The SMILES string of the molecule is Cc1cc(C(F)(F)F)cc(O)c1-c1ccc(C=NC[C@H]2CCNC2)c(N)n1. The highest BCUT2D eigenvalue weighted by Gasteiger charge is 2.32. The van der Waals surface area contributed by atoms with E-state index < -0.39 is 17.5 Å². The van der Waals surface area contributed by atoms with Gasteiger partial charge in [0.1, 0.15) is 11.6 Å². The summed E-state index contributed by atoms with van der Waals surface area (Å²) in [5.74, 6) is 0.241. The van der Waals surface area contributed by atoms with Crippen LogP contribution >= 0.6 is 0 Å². The zero-order valence-electron chi connectivity index (χ0n) is 14.8. The van der Waals surface area contributed by atoms with E-state index in [0.717, 1.165) is 25.6 Å². The van der Waals surface area contributed by atoms with Crippen LogP contribution in [0.3, 0.4) is 0 Å².